The zero-order valence-corrected chi connectivity index (χ0v) is 17.1. The van der Waals surface area contributed by atoms with Crippen LogP contribution in [0.4, 0.5) is 0 Å². The Balaban J connectivity index is 1.75. The Morgan fingerprint density at radius 3 is 2.28 bits per heavy atom. The molecule has 1 aliphatic heterocycles. The number of phenols is 2. The fourth-order valence-corrected chi connectivity index (χ4v) is 3.49. The average Bonchev–Trinajstić information content (AvgIpc) is 2.78. The largest absolute Gasteiger partial charge is 0.504 e. The van der Waals surface area contributed by atoms with E-state index in [-0.39, 0.29) is 22.5 Å². The first-order chi connectivity index (χ1) is 15.2. The number of hydrogen-bond donors (Lipinski definition) is 5. The molecule has 170 valence electrons. The molecular weight excluding hydrogens is 424 g/mol. The molecule has 2 aromatic carbocycles. The fourth-order valence-electron chi connectivity index (χ4n) is 3.49. The van der Waals surface area contributed by atoms with E-state index in [4.69, 9.17) is 18.6 Å². The van der Waals surface area contributed by atoms with E-state index < -0.39 is 47.6 Å². The van der Waals surface area contributed by atoms with Crippen molar-refractivity contribution in [2.45, 2.75) is 37.6 Å². The van der Waals surface area contributed by atoms with Crippen molar-refractivity contribution in [2.75, 3.05) is 7.11 Å². The van der Waals surface area contributed by atoms with Crippen LogP contribution in [-0.2, 0) is 4.74 Å². The van der Waals surface area contributed by atoms with E-state index in [1.165, 1.54) is 20.1 Å². The van der Waals surface area contributed by atoms with Gasteiger partial charge in [0.1, 0.15) is 40.8 Å². The molecule has 2 heterocycles. The molecule has 0 aliphatic carbocycles. The predicted molar refractivity (Wildman–Crippen MR) is 111 cm³/mol. The highest BCUT2D eigenvalue weighted by atomic mass is 16.7. The van der Waals surface area contributed by atoms with Gasteiger partial charge in [0.2, 0.25) is 12.0 Å². The maximum atomic E-state index is 12.6. The van der Waals surface area contributed by atoms with E-state index in [2.05, 4.69) is 0 Å². The number of hydrogen-bond acceptors (Lipinski definition) is 10. The van der Waals surface area contributed by atoms with Crippen molar-refractivity contribution in [1.82, 2.24) is 0 Å². The lowest BCUT2D eigenvalue weighted by Crippen LogP contribution is -2.58. The number of methoxy groups -OCH3 is 1. The summed E-state index contributed by atoms with van der Waals surface area (Å²) in [6.45, 7) is 1.47. The lowest BCUT2D eigenvalue weighted by molar-refractivity contribution is -0.268. The molecule has 10 nitrogen and oxygen atoms in total. The number of aliphatic hydroxyl groups excluding tert-OH is 3. The third-order valence-corrected chi connectivity index (χ3v) is 5.36. The van der Waals surface area contributed by atoms with Gasteiger partial charge in [-0.25, -0.2) is 0 Å². The summed E-state index contributed by atoms with van der Waals surface area (Å²) < 4.78 is 21.7. The molecule has 0 amide bonds. The molecule has 0 saturated carbocycles. The molecule has 1 aromatic heterocycles. The highest BCUT2D eigenvalue weighted by Gasteiger charge is 2.43. The normalized spacial score (nSPS) is 25.6. The van der Waals surface area contributed by atoms with Gasteiger partial charge in [-0.1, -0.05) is 0 Å². The highest BCUT2D eigenvalue weighted by Crippen LogP contribution is 2.42. The first-order valence-corrected chi connectivity index (χ1v) is 9.74. The quantitative estimate of drug-likeness (QED) is 0.367. The summed E-state index contributed by atoms with van der Waals surface area (Å²) in [4.78, 5) is 12.6. The zero-order chi connectivity index (χ0) is 23.2. The number of ether oxygens (including phenoxy) is 3. The van der Waals surface area contributed by atoms with Crippen LogP contribution in [-0.4, -0.2) is 63.3 Å². The summed E-state index contributed by atoms with van der Waals surface area (Å²) >= 11 is 0. The van der Waals surface area contributed by atoms with E-state index >= 15 is 0 Å². The van der Waals surface area contributed by atoms with Gasteiger partial charge < -0.3 is 44.2 Å². The molecule has 32 heavy (non-hydrogen) atoms. The summed E-state index contributed by atoms with van der Waals surface area (Å²) in [5.74, 6) is -1.09. The van der Waals surface area contributed by atoms with Crippen LogP contribution in [0.2, 0.25) is 0 Å². The van der Waals surface area contributed by atoms with Gasteiger partial charge in [0.25, 0.3) is 0 Å². The molecule has 5 N–H and O–H groups in total. The maximum Gasteiger partial charge on any atom is 0.229 e. The van der Waals surface area contributed by atoms with Crippen molar-refractivity contribution in [1.29, 1.82) is 0 Å². The van der Waals surface area contributed by atoms with E-state index in [1.807, 2.05) is 0 Å². The third kappa shape index (κ3) is 3.73. The second kappa shape index (κ2) is 8.32. The molecule has 1 unspecified atom stereocenters. The van der Waals surface area contributed by atoms with Gasteiger partial charge in [0.05, 0.1) is 13.2 Å². The van der Waals surface area contributed by atoms with E-state index in [0.29, 0.717) is 11.3 Å². The van der Waals surface area contributed by atoms with Crippen LogP contribution in [0.1, 0.15) is 6.92 Å². The average molecular weight is 446 g/mol. The summed E-state index contributed by atoms with van der Waals surface area (Å²) in [5, 5.41) is 50.4. The molecule has 0 bridgehead atoms. The minimum absolute atomic E-state index is 0.0902. The van der Waals surface area contributed by atoms with Crippen molar-refractivity contribution in [3.63, 3.8) is 0 Å². The van der Waals surface area contributed by atoms with E-state index in [1.54, 1.807) is 24.3 Å². The number of aromatic hydroxyl groups is 2. The number of phenolic OH excluding ortho intramolecular Hbond substituents is 2. The van der Waals surface area contributed by atoms with Gasteiger partial charge in [-0.15, -0.1) is 0 Å². The molecule has 1 saturated heterocycles. The van der Waals surface area contributed by atoms with Gasteiger partial charge in [-0.05, 0) is 31.2 Å². The van der Waals surface area contributed by atoms with Crippen LogP contribution < -0.4 is 14.9 Å². The first kappa shape index (κ1) is 21.9. The SMILES string of the molecule is COc1ccc(-c2cc(=O)c3c(O)c(O)c(OC4O[C@H](C)[C@@H](O)[C@H](O)[C@@H]4O)cc3o2)cc1. The molecule has 4 rings (SSSR count). The van der Waals surface area contributed by atoms with E-state index in [0.717, 1.165) is 6.07 Å². The maximum absolute atomic E-state index is 12.6. The molecule has 0 radical (unpaired) electrons. The number of benzene rings is 2. The summed E-state index contributed by atoms with van der Waals surface area (Å²) in [6.07, 6.45) is -6.89. The lowest BCUT2D eigenvalue weighted by Gasteiger charge is -2.38. The Morgan fingerprint density at radius 1 is 0.938 bits per heavy atom. The zero-order valence-electron chi connectivity index (χ0n) is 17.1. The van der Waals surface area contributed by atoms with Crippen LogP contribution in [0.25, 0.3) is 22.3 Å². The molecule has 3 aromatic rings. The Morgan fingerprint density at radius 2 is 1.62 bits per heavy atom. The molecular formula is C22H22O10. The Kier molecular flexibility index (Phi) is 5.70. The lowest BCUT2D eigenvalue weighted by atomic mass is 10.00. The predicted octanol–water partition coefficient (Wildman–Crippen LogP) is 1.09. The van der Waals surface area contributed by atoms with Gasteiger partial charge in [0.15, 0.2) is 16.9 Å². The molecule has 5 atom stereocenters. The number of fused-ring (bicyclic) bond motifs is 1. The summed E-state index contributed by atoms with van der Waals surface area (Å²) in [5.41, 5.74) is -0.123. The monoisotopic (exact) mass is 446 g/mol. The fraction of sp³-hybridized carbons (Fsp3) is 0.318. The minimum atomic E-state index is -1.64. The van der Waals surface area contributed by atoms with Gasteiger partial charge in [0, 0.05) is 17.7 Å². The van der Waals surface area contributed by atoms with Crippen LogP contribution in [0, 0.1) is 0 Å². The van der Waals surface area contributed by atoms with Crippen molar-refractivity contribution < 1.29 is 44.2 Å². The van der Waals surface area contributed by atoms with Crippen LogP contribution in [0.15, 0.2) is 45.6 Å². The second-order valence-electron chi connectivity index (χ2n) is 7.45. The Bertz CT molecular complexity index is 1190. The van der Waals surface area contributed by atoms with Crippen molar-refractivity contribution in [3.05, 3.63) is 46.6 Å². The van der Waals surface area contributed by atoms with Crippen molar-refractivity contribution in [2.24, 2.45) is 0 Å². The second-order valence-corrected chi connectivity index (χ2v) is 7.45. The van der Waals surface area contributed by atoms with Crippen LogP contribution in [0.3, 0.4) is 0 Å². The third-order valence-electron chi connectivity index (χ3n) is 5.36. The summed E-state index contributed by atoms with van der Waals surface area (Å²) in [6, 6.07) is 9.08. The van der Waals surface area contributed by atoms with Crippen molar-refractivity contribution in [3.8, 4) is 34.3 Å². The Labute approximate surface area is 181 Å². The van der Waals surface area contributed by atoms with Gasteiger partial charge >= 0.3 is 0 Å². The first-order valence-electron chi connectivity index (χ1n) is 9.74. The standard InChI is InChI=1S/C22H22O10/c1-9-17(24)20(27)21(28)22(30-9)32-15-8-14-16(19(26)18(15)25)12(23)7-13(31-14)10-3-5-11(29-2)6-4-10/h3-9,17,20-22,24-28H,1-2H3/t9-,17-,20+,21+,22?/m1/s1. The van der Waals surface area contributed by atoms with Crippen molar-refractivity contribution >= 4 is 11.0 Å². The number of rotatable bonds is 4. The van der Waals surface area contributed by atoms with Crippen LogP contribution in [0.5, 0.6) is 23.0 Å². The van der Waals surface area contributed by atoms with Crippen LogP contribution >= 0.6 is 0 Å². The molecule has 1 fully saturated rings. The smallest absolute Gasteiger partial charge is 0.229 e. The highest BCUT2D eigenvalue weighted by molar-refractivity contribution is 5.89. The van der Waals surface area contributed by atoms with E-state index in [9.17, 15) is 30.3 Å². The topological polar surface area (TPSA) is 159 Å². The summed E-state index contributed by atoms with van der Waals surface area (Å²) in [7, 11) is 1.52. The number of aliphatic hydroxyl groups is 3. The Hall–Kier alpha value is -3.31. The van der Waals surface area contributed by atoms with Gasteiger partial charge in [-0.2, -0.15) is 0 Å². The minimum Gasteiger partial charge on any atom is -0.504 e. The molecule has 0 spiro atoms. The molecule has 10 heteroatoms. The molecule has 1 aliphatic rings. The van der Waals surface area contributed by atoms with Gasteiger partial charge in [-0.3, -0.25) is 4.79 Å².